The van der Waals surface area contributed by atoms with Crippen LogP contribution in [-0.2, 0) is 11.2 Å². The molecular weight excluding hydrogens is 229 g/mol. The van der Waals surface area contributed by atoms with Crippen molar-refractivity contribution in [3.05, 3.63) is 35.6 Å². The van der Waals surface area contributed by atoms with Crippen molar-refractivity contribution in [1.82, 2.24) is 5.32 Å². The van der Waals surface area contributed by atoms with Crippen molar-refractivity contribution < 1.29 is 9.13 Å². The van der Waals surface area contributed by atoms with E-state index in [9.17, 15) is 4.39 Å². The molecule has 1 N–H and O–H groups in total. The van der Waals surface area contributed by atoms with Gasteiger partial charge in [-0.05, 0) is 49.4 Å². The van der Waals surface area contributed by atoms with E-state index < -0.39 is 0 Å². The molecule has 18 heavy (non-hydrogen) atoms. The van der Waals surface area contributed by atoms with E-state index in [0.29, 0.717) is 12.0 Å². The molecule has 2 unspecified atom stereocenters. The van der Waals surface area contributed by atoms with Gasteiger partial charge >= 0.3 is 0 Å². The second kappa shape index (κ2) is 6.86. The molecule has 0 radical (unpaired) electrons. The molecule has 1 heterocycles. The van der Waals surface area contributed by atoms with Gasteiger partial charge in [0.1, 0.15) is 5.82 Å². The summed E-state index contributed by atoms with van der Waals surface area (Å²) in [5, 5.41) is 3.54. The van der Waals surface area contributed by atoms with Gasteiger partial charge in [0.25, 0.3) is 0 Å². The lowest BCUT2D eigenvalue weighted by atomic mass is 9.89. The minimum atomic E-state index is -0.167. The highest BCUT2D eigenvalue weighted by Gasteiger charge is 2.23. The van der Waals surface area contributed by atoms with Gasteiger partial charge in [-0.2, -0.15) is 0 Å². The lowest BCUT2D eigenvalue weighted by molar-refractivity contribution is 0.0396. The Kier molecular flexibility index (Phi) is 5.14. The summed E-state index contributed by atoms with van der Waals surface area (Å²) >= 11 is 0. The van der Waals surface area contributed by atoms with Gasteiger partial charge in [-0.15, -0.1) is 0 Å². The van der Waals surface area contributed by atoms with E-state index in [4.69, 9.17) is 4.74 Å². The largest absolute Gasteiger partial charge is 0.381 e. The van der Waals surface area contributed by atoms with Gasteiger partial charge in [-0.3, -0.25) is 0 Å². The number of likely N-dealkylation sites (N-methyl/N-ethyl adjacent to an activating group) is 1. The van der Waals surface area contributed by atoms with Gasteiger partial charge < -0.3 is 10.1 Å². The number of nitrogens with one attached hydrogen (secondary N) is 1. The summed E-state index contributed by atoms with van der Waals surface area (Å²) in [4.78, 5) is 0. The van der Waals surface area contributed by atoms with Crippen LogP contribution >= 0.6 is 0 Å². The van der Waals surface area contributed by atoms with Crippen LogP contribution in [0, 0.1) is 11.7 Å². The minimum absolute atomic E-state index is 0.167. The molecule has 0 bridgehead atoms. The Morgan fingerprint density at radius 1 is 1.39 bits per heavy atom. The number of halogens is 1. The maximum Gasteiger partial charge on any atom is 0.123 e. The normalized spacial score (nSPS) is 21.8. The highest BCUT2D eigenvalue weighted by Crippen LogP contribution is 2.20. The summed E-state index contributed by atoms with van der Waals surface area (Å²) in [6.07, 6.45) is 3.32. The van der Waals surface area contributed by atoms with Crippen molar-refractivity contribution in [3.8, 4) is 0 Å². The Morgan fingerprint density at radius 2 is 2.17 bits per heavy atom. The van der Waals surface area contributed by atoms with Crippen LogP contribution in [0.15, 0.2) is 24.3 Å². The molecule has 1 fully saturated rings. The zero-order valence-corrected chi connectivity index (χ0v) is 11.0. The van der Waals surface area contributed by atoms with Crippen molar-refractivity contribution in [2.24, 2.45) is 5.92 Å². The third-order valence-electron chi connectivity index (χ3n) is 3.60. The number of benzene rings is 1. The summed E-state index contributed by atoms with van der Waals surface area (Å²) in [5.74, 6) is 0.406. The first kappa shape index (κ1) is 13.5. The standard InChI is InChI=1S/C15H22FNO/c1-2-17-15(13-4-3-9-18-11-13)10-12-5-7-14(16)8-6-12/h5-8,13,15,17H,2-4,9-11H2,1H3. The Morgan fingerprint density at radius 3 is 2.78 bits per heavy atom. The fourth-order valence-corrected chi connectivity index (χ4v) is 2.63. The van der Waals surface area contributed by atoms with Gasteiger partial charge in [-0.25, -0.2) is 4.39 Å². The van der Waals surface area contributed by atoms with Gasteiger partial charge in [-0.1, -0.05) is 19.1 Å². The average molecular weight is 251 g/mol. The maximum atomic E-state index is 12.9. The highest BCUT2D eigenvalue weighted by molar-refractivity contribution is 5.17. The van der Waals surface area contributed by atoms with Crippen LogP contribution in [0.25, 0.3) is 0 Å². The molecule has 2 rings (SSSR count). The first-order valence-electron chi connectivity index (χ1n) is 6.85. The first-order valence-corrected chi connectivity index (χ1v) is 6.85. The van der Waals surface area contributed by atoms with Crippen molar-refractivity contribution in [3.63, 3.8) is 0 Å². The van der Waals surface area contributed by atoms with E-state index in [1.54, 1.807) is 0 Å². The van der Waals surface area contributed by atoms with Crippen LogP contribution < -0.4 is 5.32 Å². The SMILES string of the molecule is CCNC(Cc1ccc(F)cc1)C1CCCOC1. The summed E-state index contributed by atoms with van der Waals surface area (Å²) in [7, 11) is 0. The highest BCUT2D eigenvalue weighted by atomic mass is 19.1. The summed E-state index contributed by atoms with van der Waals surface area (Å²) < 4.78 is 18.5. The molecule has 100 valence electrons. The Hall–Kier alpha value is -0.930. The molecule has 1 saturated heterocycles. The fourth-order valence-electron chi connectivity index (χ4n) is 2.63. The minimum Gasteiger partial charge on any atom is -0.381 e. The number of hydrogen-bond acceptors (Lipinski definition) is 2. The van der Waals surface area contributed by atoms with Crippen molar-refractivity contribution in [1.29, 1.82) is 0 Å². The van der Waals surface area contributed by atoms with Crippen LogP contribution in [-0.4, -0.2) is 25.8 Å². The van der Waals surface area contributed by atoms with Crippen LogP contribution in [0.3, 0.4) is 0 Å². The monoisotopic (exact) mass is 251 g/mol. The number of rotatable bonds is 5. The fraction of sp³-hybridized carbons (Fsp3) is 0.600. The summed E-state index contributed by atoms with van der Waals surface area (Å²) in [5.41, 5.74) is 1.19. The quantitative estimate of drug-likeness (QED) is 0.869. The van der Waals surface area contributed by atoms with E-state index in [1.165, 1.54) is 24.1 Å². The Labute approximate surface area is 109 Å². The van der Waals surface area contributed by atoms with Gasteiger partial charge in [0.2, 0.25) is 0 Å². The van der Waals surface area contributed by atoms with E-state index in [0.717, 1.165) is 32.6 Å². The molecule has 1 aromatic carbocycles. The number of ether oxygens (including phenoxy) is 1. The number of hydrogen-bond donors (Lipinski definition) is 1. The summed E-state index contributed by atoms with van der Waals surface area (Å²) in [6.45, 7) is 4.83. The van der Waals surface area contributed by atoms with E-state index >= 15 is 0 Å². The third-order valence-corrected chi connectivity index (χ3v) is 3.60. The lowest BCUT2D eigenvalue weighted by Gasteiger charge is -2.31. The van der Waals surface area contributed by atoms with Gasteiger partial charge in [0.15, 0.2) is 0 Å². The van der Waals surface area contributed by atoms with Crippen LogP contribution in [0.4, 0.5) is 4.39 Å². The molecule has 1 aromatic rings. The molecule has 1 aliphatic heterocycles. The van der Waals surface area contributed by atoms with Gasteiger partial charge in [0, 0.05) is 12.6 Å². The molecule has 0 saturated carbocycles. The second-order valence-corrected chi connectivity index (χ2v) is 4.97. The van der Waals surface area contributed by atoms with E-state index in [2.05, 4.69) is 12.2 Å². The van der Waals surface area contributed by atoms with E-state index in [-0.39, 0.29) is 5.82 Å². The Bertz CT molecular complexity index is 346. The van der Waals surface area contributed by atoms with Crippen molar-refractivity contribution >= 4 is 0 Å². The first-order chi connectivity index (χ1) is 8.79. The Balaban J connectivity index is 1.98. The molecule has 3 heteroatoms. The second-order valence-electron chi connectivity index (χ2n) is 4.97. The maximum absolute atomic E-state index is 12.9. The molecule has 0 aromatic heterocycles. The van der Waals surface area contributed by atoms with Gasteiger partial charge in [0.05, 0.1) is 6.61 Å². The molecule has 0 amide bonds. The third kappa shape index (κ3) is 3.79. The van der Waals surface area contributed by atoms with Crippen molar-refractivity contribution in [2.75, 3.05) is 19.8 Å². The smallest absolute Gasteiger partial charge is 0.123 e. The molecular formula is C15H22FNO. The molecule has 0 spiro atoms. The average Bonchev–Trinajstić information content (AvgIpc) is 2.42. The topological polar surface area (TPSA) is 21.3 Å². The molecule has 0 aliphatic carbocycles. The van der Waals surface area contributed by atoms with Crippen molar-refractivity contribution in [2.45, 2.75) is 32.2 Å². The summed E-state index contributed by atoms with van der Waals surface area (Å²) in [6, 6.07) is 7.26. The molecule has 1 aliphatic rings. The lowest BCUT2D eigenvalue weighted by Crippen LogP contribution is -2.41. The molecule has 2 nitrogen and oxygen atoms in total. The molecule has 2 atom stereocenters. The predicted molar refractivity (Wildman–Crippen MR) is 71.1 cm³/mol. The zero-order chi connectivity index (χ0) is 12.8. The van der Waals surface area contributed by atoms with Crippen LogP contribution in [0.1, 0.15) is 25.3 Å². The van der Waals surface area contributed by atoms with Crippen LogP contribution in [0.5, 0.6) is 0 Å². The predicted octanol–water partition coefficient (Wildman–Crippen LogP) is 2.77. The zero-order valence-electron chi connectivity index (χ0n) is 11.0. The van der Waals surface area contributed by atoms with Crippen LogP contribution in [0.2, 0.25) is 0 Å². The van der Waals surface area contributed by atoms with E-state index in [1.807, 2.05) is 12.1 Å².